The van der Waals surface area contributed by atoms with Crippen LogP contribution in [0.1, 0.15) is 43.4 Å². The molecule has 2 aromatic rings. The lowest BCUT2D eigenvalue weighted by molar-refractivity contribution is -0.148. The molecule has 29 heavy (non-hydrogen) atoms. The highest BCUT2D eigenvalue weighted by Gasteiger charge is 2.16. The molecule has 0 fully saturated rings. The smallest absolute Gasteiger partial charge is 0.308 e. The van der Waals surface area contributed by atoms with E-state index >= 15 is 0 Å². The van der Waals surface area contributed by atoms with Crippen LogP contribution >= 0.6 is 34.5 Å². The zero-order valence-corrected chi connectivity index (χ0v) is 18.7. The highest BCUT2D eigenvalue weighted by atomic mass is 35.5. The second-order valence-corrected chi connectivity index (χ2v) is 8.33. The van der Waals surface area contributed by atoms with Crippen LogP contribution in [0, 0.1) is 6.92 Å². The Hall–Kier alpha value is -1.83. The first-order valence-corrected chi connectivity index (χ1v) is 11.0. The fraction of sp³-hybridized carbons (Fsp3) is 0.450. The van der Waals surface area contributed by atoms with Crippen molar-refractivity contribution < 1.29 is 14.3 Å². The molecular weight excluding hydrogens is 435 g/mol. The monoisotopic (exact) mass is 458 g/mol. The molecule has 1 heterocycles. The molecule has 0 aliphatic rings. The minimum atomic E-state index is -0.525. The van der Waals surface area contributed by atoms with Gasteiger partial charge in [0.25, 0.3) is 5.91 Å². The average molecular weight is 459 g/mol. The molecule has 1 aromatic heterocycles. The van der Waals surface area contributed by atoms with Gasteiger partial charge in [0.15, 0.2) is 6.61 Å². The first-order valence-electron chi connectivity index (χ1n) is 9.34. The van der Waals surface area contributed by atoms with Gasteiger partial charge in [0, 0.05) is 40.1 Å². The maximum Gasteiger partial charge on any atom is 0.308 e. The predicted octanol–water partition coefficient (Wildman–Crippen LogP) is 4.16. The van der Waals surface area contributed by atoms with Crippen molar-refractivity contribution in [2.45, 2.75) is 45.6 Å². The second-order valence-electron chi connectivity index (χ2n) is 6.66. The number of aryl methyl sites for hydroxylation is 1. The molecule has 6 nitrogen and oxygen atoms in total. The van der Waals surface area contributed by atoms with Gasteiger partial charge in [-0.15, -0.1) is 0 Å². The SMILES string of the molecule is CCCC(CNC(=O)COC(=O)CCn1c(C)csc1=O)c1ccc(Cl)cc1Cl. The van der Waals surface area contributed by atoms with E-state index < -0.39 is 5.97 Å². The summed E-state index contributed by atoms with van der Waals surface area (Å²) in [5.74, 6) is -0.866. The van der Waals surface area contributed by atoms with Crippen LogP contribution in [0.3, 0.4) is 0 Å². The molecule has 0 aliphatic heterocycles. The van der Waals surface area contributed by atoms with Gasteiger partial charge in [0.2, 0.25) is 0 Å². The van der Waals surface area contributed by atoms with Crippen LogP contribution in [0.5, 0.6) is 0 Å². The molecule has 2 rings (SSSR count). The number of benzene rings is 1. The number of hydrogen-bond donors (Lipinski definition) is 1. The van der Waals surface area contributed by atoms with E-state index in [1.165, 1.54) is 4.57 Å². The lowest BCUT2D eigenvalue weighted by Gasteiger charge is -2.19. The molecule has 0 spiro atoms. The summed E-state index contributed by atoms with van der Waals surface area (Å²) in [6.45, 7) is 4.12. The zero-order valence-electron chi connectivity index (χ0n) is 16.4. The summed E-state index contributed by atoms with van der Waals surface area (Å²) < 4.78 is 6.52. The number of nitrogens with zero attached hydrogens (tertiary/aromatic N) is 1. The van der Waals surface area contributed by atoms with E-state index in [0.717, 1.165) is 35.4 Å². The summed E-state index contributed by atoms with van der Waals surface area (Å²) in [5, 5.41) is 5.65. The van der Waals surface area contributed by atoms with Crippen LogP contribution in [-0.2, 0) is 20.9 Å². The fourth-order valence-electron chi connectivity index (χ4n) is 2.93. The van der Waals surface area contributed by atoms with Crippen molar-refractivity contribution in [2.75, 3.05) is 13.2 Å². The molecule has 1 amide bonds. The molecule has 0 saturated heterocycles. The fourth-order valence-corrected chi connectivity index (χ4v) is 4.26. The van der Waals surface area contributed by atoms with E-state index in [4.69, 9.17) is 27.9 Å². The van der Waals surface area contributed by atoms with E-state index in [0.29, 0.717) is 16.6 Å². The van der Waals surface area contributed by atoms with Crippen LogP contribution in [0.4, 0.5) is 0 Å². The summed E-state index contributed by atoms with van der Waals surface area (Å²) >= 11 is 13.3. The molecule has 0 aliphatic carbocycles. The summed E-state index contributed by atoms with van der Waals surface area (Å²) in [5.41, 5.74) is 1.72. The summed E-state index contributed by atoms with van der Waals surface area (Å²) in [7, 11) is 0. The van der Waals surface area contributed by atoms with Gasteiger partial charge in [-0.2, -0.15) is 0 Å². The maximum absolute atomic E-state index is 12.1. The van der Waals surface area contributed by atoms with Gasteiger partial charge in [-0.1, -0.05) is 53.9 Å². The van der Waals surface area contributed by atoms with Crippen LogP contribution in [0.25, 0.3) is 0 Å². The number of amides is 1. The standard InChI is InChI=1S/C20H24Cl2N2O4S/c1-3-4-14(16-6-5-15(21)9-17(16)22)10-23-18(25)11-28-19(26)7-8-24-13(2)12-29-20(24)27/h5-6,9,12,14H,3-4,7-8,10-11H2,1-2H3,(H,23,25). The Balaban J connectivity index is 1.80. The van der Waals surface area contributed by atoms with Gasteiger partial charge >= 0.3 is 10.8 Å². The Morgan fingerprint density at radius 3 is 2.69 bits per heavy atom. The number of rotatable bonds is 10. The highest BCUT2D eigenvalue weighted by molar-refractivity contribution is 7.07. The van der Waals surface area contributed by atoms with Crippen molar-refractivity contribution in [3.8, 4) is 0 Å². The second kappa shape index (κ2) is 11.4. The van der Waals surface area contributed by atoms with E-state index in [9.17, 15) is 14.4 Å². The number of carbonyl (C=O) groups is 2. The van der Waals surface area contributed by atoms with E-state index in [-0.39, 0.29) is 36.3 Å². The first kappa shape index (κ1) is 23.4. The minimum Gasteiger partial charge on any atom is -0.456 e. The highest BCUT2D eigenvalue weighted by Crippen LogP contribution is 2.30. The Bertz CT molecular complexity index is 910. The number of thiazole rings is 1. The molecule has 9 heteroatoms. The van der Waals surface area contributed by atoms with Gasteiger partial charge in [-0.3, -0.25) is 14.4 Å². The third-order valence-corrected chi connectivity index (χ3v) is 5.91. The normalized spacial score (nSPS) is 11.9. The van der Waals surface area contributed by atoms with E-state index in [1.807, 2.05) is 6.07 Å². The molecule has 1 aromatic carbocycles. The van der Waals surface area contributed by atoms with Crippen molar-refractivity contribution in [2.24, 2.45) is 0 Å². The van der Waals surface area contributed by atoms with Gasteiger partial charge in [0.05, 0.1) is 6.42 Å². The van der Waals surface area contributed by atoms with Gasteiger partial charge in [0.1, 0.15) is 0 Å². The topological polar surface area (TPSA) is 77.4 Å². The van der Waals surface area contributed by atoms with Crippen molar-refractivity contribution in [3.05, 3.63) is 54.5 Å². The average Bonchev–Trinajstić information content (AvgIpc) is 3.00. The molecule has 1 N–H and O–H groups in total. The van der Waals surface area contributed by atoms with Crippen LogP contribution in [0.15, 0.2) is 28.4 Å². The first-order chi connectivity index (χ1) is 13.8. The lowest BCUT2D eigenvalue weighted by Crippen LogP contribution is -2.32. The predicted molar refractivity (Wildman–Crippen MR) is 116 cm³/mol. The Labute approximate surface area is 183 Å². The Kier molecular flexibility index (Phi) is 9.20. The van der Waals surface area contributed by atoms with Crippen molar-refractivity contribution >= 4 is 46.4 Å². The number of carbonyl (C=O) groups excluding carboxylic acids is 2. The quantitative estimate of drug-likeness (QED) is 0.542. The Morgan fingerprint density at radius 1 is 1.31 bits per heavy atom. The van der Waals surface area contributed by atoms with Crippen molar-refractivity contribution in [1.29, 1.82) is 0 Å². The van der Waals surface area contributed by atoms with Gasteiger partial charge in [-0.05, 0) is 31.0 Å². The number of hydrogen-bond acceptors (Lipinski definition) is 5. The summed E-state index contributed by atoms with van der Waals surface area (Å²) in [6.07, 6.45) is 1.80. The molecule has 1 unspecified atom stereocenters. The number of esters is 1. The molecule has 158 valence electrons. The number of aromatic nitrogens is 1. The molecule has 0 bridgehead atoms. The van der Waals surface area contributed by atoms with Gasteiger partial charge in [-0.25, -0.2) is 0 Å². The zero-order chi connectivity index (χ0) is 21.4. The maximum atomic E-state index is 12.1. The number of nitrogens with one attached hydrogen (secondary N) is 1. The number of ether oxygens (including phenoxy) is 1. The van der Waals surface area contributed by atoms with Crippen molar-refractivity contribution in [3.63, 3.8) is 0 Å². The number of halogens is 2. The van der Waals surface area contributed by atoms with Crippen LogP contribution in [0.2, 0.25) is 10.0 Å². The molecule has 0 radical (unpaired) electrons. The van der Waals surface area contributed by atoms with Gasteiger partial charge < -0.3 is 14.6 Å². The molecule has 0 saturated carbocycles. The van der Waals surface area contributed by atoms with E-state index in [1.54, 1.807) is 24.4 Å². The van der Waals surface area contributed by atoms with E-state index in [2.05, 4.69) is 12.2 Å². The Morgan fingerprint density at radius 2 is 2.07 bits per heavy atom. The lowest BCUT2D eigenvalue weighted by atomic mass is 9.94. The third kappa shape index (κ3) is 7.17. The van der Waals surface area contributed by atoms with Crippen LogP contribution in [-0.4, -0.2) is 29.6 Å². The minimum absolute atomic E-state index is 0.0314. The molecular formula is C20H24Cl2N2O4S. The largest absolute Gasteiger partial charge is 0.456 e. The van der Waals surface area contributed by atoms with Crippen LogP contribution < -0.4 is 10.2 Å². The molecule has 1 atom stereocenters. The third-order valence-electron chi connectivity index (χ3n) is 4.47. The summed E-state index contributed by atoms with van der Waals surface area (Å²) in [4.78, 5) is 35.4. The van der Waals surface area contributed by atoms with Crippen molar-refractivity contribution in [1.82, 2.24) is 9.88 Å². The summed E-state index contributed by atoms with van der Waals surface area (Å²) in [6, 6.07) is 5.33.